The highest BCUT2D eigenvalue weighted by Gasteiger charge is 2.34. The Bertz CT molecular complexity index is 416. The van der Waals surface area contributed by atoms with Crippen molar-refractivity contribution in [2.75, 3.05) is 26.3 Å². The van der Waals surface area contributed by atoms with Crippen LogP contribution in [0.5, 0.6) is 0 Å². The second kappa shape index (κ2) is 6.23. The Kier molecular flexibility index (Phi) is 4.85. The molecule has 0 radical (unpaired) electrons. The molecule has 3 nitrogen and oxygen atoms in total. The Hall–Kier alpha value is -0.610. The molecule has 1 fully saturated rings. The largest absolute Gasteiger partial charge is 0.379 e. The molecule has 1 atom stereocenters. The molecular weight excluding hydrogens is 260 g/mol. The Morgan fingerprint density at radius 2 is 1.95 bits per heavy atom. The van der Waals surface area contributed by atoms with Crippen molar-refractivity contribution in [2.24, 2.45) is 5.73 Å². The fourth-order valence-corrected chi connectivity index (χ4v) is 2.74. The average Bonchev–Trinajstić information content (AvgIpc) is 2.42. The van der Waals surface area contributed by atoms with Crippen molar-refractivity contribution < 1.29 is 4.74 Å². The van der Waals surface area contributed by atoms with Gasteiger partial charge in [0.25, 0.3) is 0 Å². The molecule has 1 heterocycles. The molecule has 2 N–H and O–H groups in total. The van der Waals surface area contributed by atoms with E-state index < -0.39 is 0 Å². The topological polar surface area (TPSA) is 38.5 Å². The van der Waals surface area contributed by atoms with Gasteiger partial charge in [-0.15, -0.1) is 0 Å². The van der Waals surface area contributed by atoms with Crippen LogP contribution in [-0.2, 0) is 11.2 Å². The third kappa shape index (κ3) is 3.48. The molecule has 2 rings (SSSR count). The highest BCUT2D eigenvalue weighted by Crippen LogP contribution is 2.24. The number of hydrogen-bond acceptors (Lipinski definition) is 3. The predicted octanol–water partition coefficient (Wildman–Crippen LogP) is 2.32. The van der Waals surface area contributed by atoms with Gasteiger partial charge < -0.3 is 10.5 Å². The normalized spacial score (nSPS) is 19.4. The van der Waals surface area contributed by atoms with Crippen LogP contribution in [0.15, 0.2) is 24.3 Å². The Balaban J connectivity index is 2.05. The number of ether oxygens (including phenoxy) is 1. The molecule has 1 aliphatic rings. The summed E-state index contributed by atoms with van der Waals surface area (Å²) < 4.78 is 5.41. The molecule has 1 aliphatic heterocycles. The van der Waals surface area contributed by atoms with Crippen LogP contribution in [0.25, 0.3) is 0 Å². The van der Waals surface area contributed by atoms with E-state index in [1.54, 1.807) is 0 Å². The summed E-state index contributed by atoms with van der Waals surface area (Å²) >= 11 is 6.22. The highest BCUT2D eigenvalue weighted by molar-refractivity contribution is 6.31. The van der Waals surface area contributed by atoms with Gasteiger partial charge in [0.2, 0.25) is 0 Å². The van der Waals surface area contributed by atoms with Gasteiger partial charge in [-0.25, -0.2) is 0 Å². The first-order chi connectivity index (χ1) is 9.01. The first-order valence-corrected chi connectivity index (χ1v) is 7.21. The monoisotopic (exact) mass is 282 g/mol. The highest BCUT2D eigenvalue weighted by atomic mass is 35.5. The van der Waals surface area contributed by atoms with Crippen LogP contribution in [0.3, 0.4) is 0 Å². The first kappa shape index (κ1) is 14.8. The minimum Gasteiger partial charge on any atom is -0.379 e. The molecule has 1 unspecified atom stereocenters. The fraction of sp³-hybridized carbons (Fsp3) is 0.600. The average molecular weight is 283 g/mol. The zero-order valence-corrected chi connectivity index (χ0v) is 12.5. The molecule has 1 aromatic carbocycles. The van der Waals surface area contributed by atoms with Gasteiger partial charge in [0.1, 0.15) is 0 Å². The van der Waals surface area contributed by atoms with Crippen molar-refractivity contribution >= 4 is 11.6 Å². The lowest BCUT2D eigenvalue weighted by atomic mass is 9.88. The van der Waals surface area contributed by atoms with Gasteiger partial charge in [-0.3, -0.25) is 4.90 Å². The molecule has 0 bridgehead atoms. The zero-order chi connectivity index (χ0) is 13.9. The summed E-state index contributed by atoms with van der Waals surface area (Å²) in [7, 11) is 0. The third-order valence-corrected chi connectivity index (χ3v) is 4.50. The van der Waals surface area contributed by atoms with Gasteiger partial charge in [-0.05, 0) is 31.9 Å². The van der Waals surface area contributed by atoms with E-state index in [1.165, 1.54) is 0 Å². The van der Waals surface area contributed by atoms with Crippen LogP contribution >= 0.6 is 11.6 Å². The van der Waals surface area contributed by atoms with Crippen molar-refractivity contribution in [1.82, 2.24) is 4.90 Å². The van der Waals surface area contributed by atoms with Crippen LogP contribution in [0.4, 0.5) is 0 Å². The van der Waals surface area contributed by atoms with Gasteiger partial charge >= 0.3 is 0 Å². The number of morpholine rings is 1. The summed E-state index contributed by atoms with van der Waals surface area (Å²) in [6.45, 7) is 7.90. The second-order valence-electron chi connectivity index (χ2n) is 5.66. The fourth-order valence-electron chi connectivity index (χ4n) is 2.52. The number of nitrogens with zero attached hydrogens (tertiary/aromatic N) is 1. The van der Waals surface area contributed by atoms with Crippen LogP contribution in [0, 0.1) is 0 Å². The van der Waals surface area contributed by atoms with Gasteiger partial charge in [0.05, 0.1) is 13.2 Å². The van der Waals surface area contributed by atoms with Crippen molar-refractivity contribution in [1.29, 1.82) is 0 Å². The Morgan fingerprint density at radius 1 is 1.32 bits per heavy atom. The first-order valence-electron chi connectivity index (χ1n) is 6.83. The summed E-state index contributed by atoms with van der Waals surface area (Å²) in [5.74, 6) is 0. The molecule has 1 saturated heterocycles. The van der Waals surface area contributed by atoms with Crippen LogP contribution in [0.2, 0.25) is 5.02 Å². The zero-order valence-electron chi connectivity index (χ0n) is 11.7. The molecule has 0 amide bonds. The van der Waals surface area contributed by atoms with Crippen molar-refractivity contribution in [3.05, 3.63) is 34.9 Å². The van der Waals surface area contributed by atoms with Crippen LogP contribution in [-0.4, -0.2) is 42.8 Å². The molecule has 0 spiro atoms. The second-order valence-corrected chi connectivity index (χ2v) is 6.06. The maximum Gasteiger partial charge on any atom is 0.0594 e. The van der Waals surface area contributed by atoms with Gasteiger partial charge in [-0.2, -0.15) is 0 Å². The van der Waals surface area contributed by atoms with Crippen molar-refractivity contribution in [3.8, 4) is 0 Å². The summed E-state index contributed by atoms with van der Waals surface area (Å²) in [6.07, 6.45) is 0.796. The standard InChI is InChI=1S/C15H23ClN2O/c1-15(2,18-7-9-19-10-8-18)14(17)11-12-5-3-4-6-13(12)16/h3-6,14H,7-11,17H2,1-2H3. The predicted molar refractivity (Wildman–Crippen MR) is 79.6 cm³/mol. The van der Waals surface area contributed by atoms with E-state index in [0.717, 1.165) is 43.3 Å². The van der Waals surface area contributed by atoms with E-state index in [-0.39, 0.29) is 11.6 Å². The molecular formula is C15H23ClN2O. The van der Waals surface area contributed by atoms with Gasteiger partial charge in [-0.1, -0.05) is 29.8 Å². The Morgan fingerprint density at radius 3 is 2.58 bits per heavy atom. The Labute approximate surface area is 120 Å². The summed E-state index contributed by atoms with van der Waals surface area (Å²) in [5, 5.41) is 0.802. The molecule has 4 heteroatoms. The molecule has 0 aromatic heterocycles. The summed E-state index contributed by atoms with van der Waals surface area (Å²) in [4.78, 5) is 2.41. The maximum absolute atomic E-state index is 6.44. The van der Waals surface area contributed by atoms with Crippen LogP contribution < -0.4 is 5.73 Å². The molecule has 0 aliphatic carbocycles. The van der Waals surface area contributed by atoms with E-state index in [0.29, 0.717) is 0 Å². The molecule has 0 saturated carbocycles. The minimum atomic E-state index is -0.0526. The van der Waals surface area contributed by atoms with E-state index >= 15 is 0 Å². The number of hydrogen-bond donors (Lipinski definition) is 1. The van der Waals surface area contributed by atoms with Gasteiger partial charge in [0.15, 0.2) is 0 Å². The quantitative estimate of drug-likeness (QED) is 0.921. The van der Waals surface area contributed by atoms with Crippen molar-refractivity contribution in [2.45, 2.75) is 31.8 Å². The minimum absolute atomic E-state index is 0.0468. The summed E-state index contributed by atoms with van der Waals surface area (Å²) in [5.41, 5.74) is 7.51. The lowest BCUT2D eigenvalue weighted by Gasteiger charge is -2.44. The van der Waals surface area contributed by atoms with E-state index in [4.69, 9.17) is 22.1 Å². The summed E-state index contributed by atoms with van der Waals surface area (Å²) in [6, 6.07) is 7.98. The van der Waals surface area contributed by atoms with E-state index in [2.05, 4.69) is 24.8 Å². The van der Waals surface area contributed by atoms with E-state index in [1.807, 2.05) is 18.2 Å². The molecule has 106 valence electrons. The number of nitrogens with two attached hydrogens (primary N) is 1. The third-order valence-electron chi connectivity index (χ3n) is 4.13. The lowest BCUT2D eigenvalue weighted by Crippen LogP contribution is -2.59. The van der Waals surface area contributed by atoms with Crippen LogP contribution in [0.1, 0.15) is 19.4 Å². The maximum atomic E-state index is 6.44. The number of rotatable bonds is 4. The number of halogens is 1. The molecule has 19 heavy (non-hydrogen) atoms. The van der Waals surface area contributed by atoms with E-state index in [9.17, 15) is 0 Å². The van der Waals surface area contributed by atoms with Crippen molar-refractivity contribution in [3.63, 3.8) is 0 Å². The smallest absolute Gasteiger partial charge is 0.0594 e. The van der Waals surface area contributed by atoms with Gasteiger partial charge in [0, 0.05) is 29.7 Å². The SMILES string of the molecule is CC(C)(C(N)Cc1ccccc1Cl)N1CCOCC1. The number of benzene rings is 1. The molecule has 1 aromatic rings. The lowest BCUT2D eigenvalue weighted by molar-refractivity contribution is -0.0186.